The molecule has 0 aliphatic carbocycles. The van der Waals surface area contributed by atoms with E-state index in [9.17, 15) is 9.59 Å². The number of aromatic amines is 1. The molecule has 144 valence electrons. The summed E-state index contributed by atoms with van der Waals surface area (Å²) in [7, 11) is 0. The van der Waals surface area contributed by atoms with Crippen molar-refractivity contribution in [2.45, 2.75) is 39.2 Å². The van der Waals surface area contributed by atoms with Crippen molar-refractivity contribution in [2.24, 2.45) is 0 Å². The Kier molecular flexibility index (Phi) is 5.70. The van der Waals surface area contributed by atoms with Gasteiger partial charge in [-0.2, -0.15) is 4.98 Å². The topological polar surface area (TPSA) is 82.2 Å². The van der Waals surface area contributed by atoms with Crippen molar-refractivity contribution in [3.8, 4) is 0 Å². The minimum absolute atomic E-state index is 0.171. The van der Waals surface area contributed by atoms with Gasteiger partial charge in [-0.1, -0.05) is 26.8 Å². The highest BCUT2D eigenvalue weighted by molar-refractivity contribution is 5.92. The van der Waals surface area contributed by atoms with Gasteiger partial charge in [-0.25, -0.2) is 4.79 Å². The summed E-state index contributed by atoms with van der Waals surface area (Å²) in [6.45, 7) is 9.82. The summed E-state index contributed by atoms with van der Waals surface area (Å²) in [5, 5.41) is 0. The monoisotopic (exact) mass is 369 g/mol. The fourth-order valence-electron chi connectivity index (χ4n) is 3.22. The Balaban J connectivity index is 1.69. The van der Waals surface area contributed by atoms with Gasteiger partial charge in [-0.3, -0.25) is 14.7 Å². The van der Waals surface area contributed by atoms with Gasteiger partial charge in [0.1, 0.15) is 5.69 Å². The minimum Gasteiger partial charge on any atom is -0.336 e. The Bertz CT molecular complexity index is 841. The fraction of sp³-hybridized carbons (Fsp3) is 0.500. The van der Waals surface area contributed by atoms with Crippen molar-refractivity contribution in [3.05, 3.63) is 58.0 Å². The van der Waals surface area contributed by atoms with Crippen LogP contribution >= 0.6 is 0 Å². The van der Waals surface area contributed by atoms with Crippen LogP contribution in [-0.2, 0) is 12.0 Å². The fourth-order valence-corrected chi connectivity index (χ4v) is 3.22. The number of hydrogen-bond donors (Lipinski definition) is 1. The zero-order chi connectivity index (χ0) is 19.4. The number of amides is 1. The molecule has 7 heteroatoms. The number of carbonyl (C=O) groups is 1. The number of rotatable bonds is 3. The van der Waals surface area contributed by atoms with Crippen LogP contribution in [-0.4, -0.2) is 56.8 Å². The third-order valence-corrected chi connectivity index (χ3v) is 4.78. The van der Waals surface area contributed by atoms with Gasteiger partial charge < -0.3 is 9.88 Å². The zero-order valence-electron chi connectivity index (χ0n) is 16.2. The van der Waals surface area contributed by atoms with E-state index in [1.807, 2.05) is 33.0 Å². The summed E-state index contributed by atoms with van der Waals surface area (Å²) in [6.07, 6.45) is 4.54. The third-order valence-electron chi connectivity index (χ3n) is 4.78. The van der Waals surface area contributed by atoms with E-state index in [-0.39, 0.29) is 17.0 Å². The van der Waals surface area contributed by atoms with Crippen molar-refractivity contribution >= 4 is 5.91 Å². The molecule has 1 saturated heterocycles. The number of H-pyrrole nitrogens is 1. The van der Waals surface area contributed by atoms with Crippen LogP contribution in [0.15, 0.2) is 35.4 Å². The molecule has 2 aromatic heterocycles. The van der Waals surface area contributed by atoms with Crippen molar-refractivity contribution in [2.75, 3.05) is 26.2 Å². The molecule has 1 fully saturated rings. The number of aromatic nitrogens is 3. The molecule has 0 spiro atoms. The summed E-state index contributed by atoms with van der Waals surface area (Å²) < 4.78 is 0. The molecule has 3 rings (SSSR count). The molecule has 0 atom stereocenters. The van der Waals surface area contributed by atoms with Gasteiger partial charge in [0.25, 0.3) is 5.91 Å². The van der Waals surface area contributed by atoms with Crippen molar-refractivity contribution in [3.63, 3.8) is 0 Å². The van der Waals surface area contributed by atoms with E-state index in [2.05, 4.69) is 25.9 Å². The molecule has 27 heavy (non-hydrogen) atoms. The van der Waals surface area contributed by atoms with E-state index < -0.39 is 5.69 Å². The molecule has 1 aliphatic heterocycles. The number of carbonyl (C=O) groups excluding carboxylic acids is 1. The second-order valence-electron chi connectivity index (χ2n) is 8.02. The van der Waals surface area contributed by atoms with Crippen LogP contribution < -0.4 is 5.69 Å². The minimum atomic E-state index is -0.473. The first-order valence-electron chi connectivity index (χ1n) is 9.35. The molecule has 7 nitrogen and oxygen atoms in total. The maximum absolute atomic E-state index is 12.9. The van der Waals surface area contributed by atoms with E-state index in [0.29, 0.717) is 13.1 Å². The van der Waals surface area contributed by atoms with Gasteiger partial charge >= 0.3 is 5.69 Å². The normalized spacial score (nSPS) is 16.2. The number of hydrogen-bond acceptors (Lipinski definition) is 5. The quantitative estimate of drug-likeness (QED) is 0.892. The van der Waals surface area contributed by atoms with Gasteiger partial charge in [0.2, 0.25) is 0 Å². The van der Waals surface area contributed by atoms with E-state index in [0.717, 1.165) is 31.7 Å². The molecule has 0 bridgehead atoms. The van der Waals surface area contributed by atoms with Gasteiger partial charge in [-0.05, 0) is 24.1 Å². The smallest absolute Gasteiger partial charge is 0.336 e. The van der Waals surface area contributed by atoms with E-state index in [1.54, 1.807) is 17.2 Å². The lowest BCUT2D eigenvalue weighted by molar-refractivity contribution is 0.0754. The van der Waals surface area contributed by atoms with E-state index in [1.165, 1.54) is 5.56 Å². The summed E-state index contributed by atoms with van der Waals surface area (Å²) in [6, 6.07) is 5.71. The predicted molar refractivity (Wildman–Crippen MR) is 104 cm³/mol. The van der Waals surface area contributed by atoms with Gasteiger partial charge in [0.15, 0.2) is 0 Å². The Hall–Kier alpha value is -2.54. The summed E-state index contributed by atoms with van der Waals surface area (Å²) in [4.78, 5) is 39.8. The molecule has 0 aromatic carbocycles. The standard InChI is InChI=1S/C20H27N5O2/c1-20(2,3)17-12-16(22-19(27)23-17)18(26)25-9-5-8-24(10-11-25)14-15-6-4-7-21-13-15/h4,6-7,12-13H,5,8-11,14H2,1-3H3,(H,22,23,27). The summed E-state index contributed by atoms with van der Waals surface area (Å²) in [5.74, 6) is -0.171. The molecule has 0 saturated carbocycles. The van der Waals surface area contributed by atoms with Crippen LogP contribution in [0.3, 0.4) is 0 Å². The second-order valence-corrected chi connectivity index (χ2v) is 8.02. The molecule has 1 N–H and O–H groups in total. The Morgan fingerprint density at radius 1 is 1.22 bits per heavy atom. The zero-order valence-corrected chi connectivity index (χ0v) is 16.2. The predicted octanol–water partition coefficient (Wildman–Crippen LogP) is 1.81. The van der Waals surface area contributed by atoms with E-state index in [4.69, 9.17) is 0 Å². The van der Waals surface area contributed by atoms with Gasteiger partial charge in [0.05, 0.1) is 0 Å². The lowest BCUT2D eigenvalue weighted by atomic mass is 9.91. The Morgan fingerprint density at radius 2 is 2.04 bits per heavy atom. The number of nitrogens with zero attached hydrogens (tertiary/aromatic N) is 4. The average molecular weight is 369 g/mol. The Labute approximate surface area is 159 Å². The van der Waals surface area contributed by atoms with Crippen molar-refractivity contribution in [1.82, 2.24) is 24.8 Å². The summed E-state index contributed by atoms with van der Waals surface area (Å²) in [5.41, 5.74) is 1.39. The molecule has 0 radical (unpaired) electrons. The van der Waals surface area contributed by atoms with Crippen molar-refractivity contribution in [1.29, 1.82) is 0 Å². The van der Waals surface area contributed by atoms with Crippen LogP contribution in [0.2, 0.25) is 0 Å². The van der Waals surface area contributed by atoms with Crippen LogP contribution in [0, 0.1) is 0 Å². The lowest BCUT2D eigenvalue weighted by Gasteiger charge is -2.23. The lowest BCUT2D eigenvalue weighted by Crippen LogP contribution is -2.37. The molecule has 1 amide bonds. The molecule has 0 unspecified atom stereocenters. The van der Waals surface area contributed by atoms with Gasteiger partial charge in [-0.15, -0.1) is 0 Å². The molecular formula is C20H27N5O2. The summed E-state index contributed by atoms with van der Waals surface area (Å²) >= 11 is 0. The maximum atomic E-state index is 12.9. The van der Waals surface area contributed by atoms with E-state index >= 15 is 0 Å². The maximum Gasteiger partial charge on any atom is 0.345 e. The molecule has 3 heterocycles. The number of nitrogens with one attached hydrogen (secondary N) is 1. The Morgan fingerprint density at radius 3 is 2.74 bits per heavy atom. The third kappa shape index (κ3) is 5.01. The van der Waals surface area contributed by atoms with Crippen LogP contribution in [0.1, 0.15) is 48.9 Å². The number of pyridine rings is 1. The molecule has 1 aliphatic rings. The van der Waals surface area contributed by atoms with Crippen LogP contribution in [0.5, 0.6) is 0 Å². The largest absolute Gasteiger partial charge is 0.345 e. The first-order chi connectivity index (χ1) is 12.8. The van der Waals surface area contributed by atoms with Crippen LogP contribution in [0.25, 0.3) is 0 Å². The van der Waals surface area contributed by atoms with Crippen molar-refractivity contribution < 1.29 is 4.79 Å². The first-order valence-corrected chi connectivity index (χ1v) is 9.35. The van der Waals surface area contributed by atoms with Crippen LogP contribution in [0.4, 0.5) is 0 Å². The molecule has 2 aromatic rings. The van der Waals surface area contributed by atoms with Gasteiger partial charge in [0, 0.05) is 56.2 Å². The first kappa shape index (κ1) is 19.2. The highest BCUT2D eigenvalue weighted by atomic mass is 16.2. The highest BCUT2D eigenvalue weighted by Gasteiger charge is 2.24. The average Bonchev–Trinajstić information content (AvgIpc) is 2.86. The SMILES string of the molecule is CC(C)(C)c1cc(C(=O)N2CCCN(Cc3cccnc3)CC2)nc(=O)[nH]1. The second kappa shape index (κ2) is 8.00. The molecular weight excluding hydrogens is 342 g/mol. The highest BCUT2D eigenvalue weighted by Crippen LogP contribution is 2.19.